The molecule has 34 heavy (non-hydrogen) atoms. The monoisotopic (exact) mass is 485 g/mol. The molecule has 1 atom stereocenters. The second-order valence-corrected chi connectivity index (χ2v) is 10.3. The quantitative estimate of drug-likeness (QED) is 0.517. The summed E-state index contributed by atoms with van der Waals surface area (Å²) in [6.45, 7) is 8.76. The van der Waals surface area contributed by atoms with E-state index < -0.39 is 12.6 Å². The smallest absolute Gasteiger partial charge is 0.355 e. The average Bonchev–Trinajstić information content (AvgIpc) is 3.36. The summed E-state index contributed by atoms with van der Waals surface area (Å²) in [7, 11) is 0. The molecule has 176 valence electrons. The van der Waals surface area contributed by atoms with Gasteiger partial charge in [0.05, 0.1) is 11.8 Å². The van der Waals surface area contributed by atoms with Crippen molar-refractivity contribution in [1.82, 2.24) is 15.3 Å². The van der Waals surface area contributed by atoms with E-state index in [0.29, 0.717) is 28.1 Å². The van der Waals surface area contributed by atoms with Gasteiger partial charge in [-0.05, 0) is 37.5 Å². The topological polar surface area (TPSA) is 62.5 Å². The number of hydrogen-bond acceptors (Lipinski definition) is 5. The minimum atomic E-state index is -4.25. The first kappa shape index (κ1) is 22.6. The molecule has 1 aliphatic heterocycles. The molecular weight excluding hydrogens is 463 g/mol. The van der Waals surface area contributed by atoms with Crippen LogP contribution in [0.1, 0.15) is 40.1 Å². The van der Waals surface area contributed by atoms with Gasteiger partial charge < -0.3 is 15.1 Å². The summed E-state index contributed by atoms with van der Waals surface area (Å²) in [5.74, 6) is 0.577. The van der Waals surface area contributed by atoms with Gasteiger partial charge in [-0.15, -0.1) is 11.3 Å². The number of anilines is 1. The van der Waals surface area contributed by atoms with Crippen molar-refractivity contribution in [3.8, 4) is 0 Å². The molecule has 2 fully saturated rings. The van der Waals surface area contributed by atoms with Gasteiger partial charge in [-0.25, -0.2) is 16.5 Å². The zero-order chi connectivity index (χ0) is 23.9. The van der Waals surface area contributed by atoms with Crippen molar-refractivity contribution in [2.45, 2.75) is 44.4 Å². The highest BCUT2D eigenvalue weighted by molar-refractivity contribution is 7.18. The molecule has 1 unspecified atom stereocenters. The third kappa shape index (κ3) is 4.57. The van der Waals surface area contributed by atoms with Crippen molar-refractivity contribution < 1.29 is 18.0 Å². The summed E-state index contributed by atoms with van der Waals surface area (Å²) in [5, 5.41) is 3.80. The van der Waals surface area contributed by atoms with Gasteiger partial charge in [0.15, 0.2) is 0 Å². The van der Waals surface area contributed by atoms with Gasteiger partial charge in [-0.3, -0.25) is 4.79 Å². The molecule has 1 spiro atoms. The molecule has 3 heterocycles. The lowest BCUT2D eigenvalue weighted by atomic mass is 9.78. The Bertz CT molecular complexity index is 1260. The van der Waals surface area contributed by atoms with Crippen LogP contribution in [-0.2, 0) is 13.0 Å². The Balaban J connectivity index is 1.21. The van der Waals surface area contributed by atoms with Crippen LogP contribution >= 0.6 is 11.3 Å². The number of alkyl halides is 3. The maximum absolute atomic E-state index is 12.8. The number of hydrogen-bond donors (Lipinski definition) is 1. The average molecular weight is 486 g/mol. The second kappa shape index (κ2) is 8.55. The molecule has 1 saturated heterocycles. The van der Waals surface area contributed by atoms with Crippen molar-refractivity contribution >= 4 is 33.3 Å². The first-order valence-corrected chi connectivity index (χ1v) is 11.8. The van der Waals surface area contributed by atoms with Crippen molar-refractivity contribution in [3.63, 3.8) is 0 Å². The molecule has 1 aliphatic carbocycles. The van der Waals surface area contributed by atoms with Crippen LogP contribution in [0.15, 0.2) is 36.7 Å². The zero-order valence-electron chi connectivity index (χ0n) is 18.2. The van der Waals surface area contributed by atoms with Crippen LogP contribution in [0.25, 0.3) is 15.1 Å². The third-order valence-corrected chi connectivity index (χ3v) is 7.64. The molecule has 5 rings (SSSR count). The predicted octanol–water partition coefficient (Wildman–Crippen LogP) is 5.00. The molecular formula is C24H22F3N5OS. The first-order valence-electron chi connectivity index (χ1n) is 11.0. The Morgan fingerprint density at radius 2 is 2.03 bits per heavy atom. The number of amides is 1. The van der Waals surface area contributed by atoms with E-state index in [1.54, 1.807) is 30.3 Å². The molecule has 1 N–H and O–H groups in total. The molecule has 2 aromatic heterocycles. The fraction of sp³-hybridized carbons (Fsp3) is 0.417. The normalized spacial score (nSPS) is 19.2. The lowest BCUT2D eigenvalue weighted by molar-refractivity contribution is -0.126. The minimum Gasteiger partial charge on any atom is -0.355 e. The van der Waals surface area contributed by atoms with Crippen LogP contribution in [-0.4, -0.2) is 41.2 Å². The lowest BCUT2D eigenvalue weighted by Gasteiger charge is -2.49. The number of fused-ring (bicyclic) bond motifs is 1. The lowest BCUT2D eigenvalue weighted by Crippen LogP contribution is -2.56. The fourth-order valence-electron chi connectivity index (χ4n) is 5.08. The summed E-state index contributed by atoms with van der Waals surface area (Å²) >= 11 is 1.06. The number of carbonyl (C=O) groups is 1. The standard InChI is InChI=1S/C24H22F3N5OS/c1-28-11-15-2-4-16(5-3-15)21(33)31-17-6-7-23(9-17)12-32(13-23)20-19-8-18(10-24(25,26)27)34-22(19)30-14-29-20/h2-5,8,14,17H,6-7,9-13H2,(H,31,33). The van der Waals surface area contributed by atoms with Gasteiger partial charge >= 0.3 is 6.18 Å². The summed E-state index contributed by atoms with van der Waals surface area (Å²) in [6.07, 6.45) is -1.06. The molecule has 10 heteroatoms. The van der Waals surface area contributed by atoms with Gasteiger partial charge in [0.1, 0.15) is 17.0 Å². The van der Waals surface area contributed by atoms with Crippen molar-refractivity contribution in [3.05, 3.63) is 64.1 Å². The predicted molar refractivity (Wildman–Crippen MR) is 124 cm³/mol. The molecule has 1 saturated carbocycles. The highest BCUT2D eigenvalue weighted by Crippen LogP contribution is 2.48. The number of benzene rings is 1. The number of halogens is 3. The first-order chi connectivity index (χ1) is 16.2. The van der Waals surface area contributed by atoms with E-state index >= 15 is 0 Å². The number of aromatic nitrogens is 2. The summed E-state index contributed by atoms with van der Waals surface area (Å²) in [4.78, 5) is 27.4. The van der Waals surface area contributed by atoms with Crippen LogP contribution in [0.4, 0.5) is 19.0 Å². The highest BCUT2D eigenvalue weighted by atomic mass is 32.1. The second-order valence-electron chi connectivity index (χ2n) is 9.20. The van der Waals surface area contributed by atoms with Crippen molar-refractivity contribution in [2.24, 2.45) is 5.41 Å². The van der Waals surface area contributed by atoms with Crippen LogP contribution in [0, 0.1) is 12.0 Å². The van der Waals surface area contributed by atoms with Gasteiger partial charge in [0.2, 0.25) is 6.54 Å². The summed E-state index contributed by atoms with van der Waals surface area (Å²) in [5.41, 5.74) is 1.55. The maximum Gasteiger partial charge on any atom is 0.393 e. The van der Waals surface area contributed by atoms with Crippen molar-refractivity contribution in [1.29, 1.82) is 0 Å². The number of thiophene rings is 1. The Labute approximate surface area is 198 Å². The minimum absolute atomic E-state index is 0.0829. The zero-order valence-corrected chi connectivity index (χ0v) is 19.0. The van der Waals surface area contributed by atoms with E-state index in [9.17, 15) is 18.0 Å². The largest absolute Gasteiger partial charge is 0.393 e. The molecule has 1 amide bonds. The number of nitrogens with one attached hydrogen (secondary N) is 1. The van der Waals surface area contributed by atoms with E-state index in [4.69, 9.17) is 6.57 Å². The highest BCUT2D eigenvalue weighted by Gasteiger charge is 2.49. The summed E-state index contributed by atoms with van der Waals surface area (Å²) in [6, 6.07) is 8.76. The van der Waals surface area contributed by atoms with E-state index in [1.165, 1.54) is 6.33 Å². The van der Waals surface area contributed by atoms with Crippen LogP contribution in [0.3, 0.4) is 0 Å². The van der Waals surface area contributed by atoms with Gasteiger partial charge in [0, 0.05) is 40.6 Å². The Morgan fingerprint density at radius 1 is 1.26 bits per heavy atom. The molecule has 0 bridgehead atoms. The van der Waals surface area contributed by atoms with Gasteiger partial charge in [-0.1, -0.05) is 12.1 Å². The van der Waals surface area contributed by atoms with E-state index in [2.05, 4.69) is 25.0 Å². The molecule has 3 aromatic rings. The van der Waals surface area contributed by atoms with E-state index in [0.717, 1.165) is 49.3 Å². The Morgan fingerprint density at radius 3 is 2.74 bits per heavy atom. The Kier molecular flexibility index (Phi) is 5.68. The molecule has 2 aliphatic rings. The molecule has 1 aromatic carbocycles. The summed E-state index contributed by atoms with van der Waals surface area (Å²) < 4.78 is 38.4. The number of nitrogens with zero attached hydrogens (tertiary/aromatic N) is 4. The number of rotatable bonds is 5. The van der Waals surface area contributed by atoms with Crippen molar-refractivity contribution in [2.75, 3.05) is 18.0 Å². The number of carbonyl (C=O) groups excluding carboxylic acids is 1. The molecule has 6 nitrogen and oxygen atoms in total. The maximum atomic E-state index is 12.8. The van der Waals surface area contributed by atoms with Gasteiger partial charge in [0.25, 0.3) is 5.91 Å². The van der Waals surface area contributed by atoms with E-state index in [-0.39, 0.29) is 22.2 Å². The van der Waals surface area contributed by atoms with E-state index in [1.807, 2.05) is 0 Å². The van der Waals surface area contributed by atoms with Gasteiger partial charge in [-0.2, -0.15) is 13.2 Å². The van der Waals surface area contributed by atoms with Crippen LogP contribution in [0.5, 0.6) is 0 Å². The molecule has 0 radical (unpaired) electrons. The Hall–Kier alpha value is -3.19. The third-order valence-electron chi connectivity index (χ3n) is 6.60. The fourth-order valence-corrected chi connectivity index (χ4v) is 6.10. The van der Waals surface area contributed by atoms with Crippen LogP contribution in [0.2, 0.25) is 0 Å². The van der Waals surface area contributed by atoms with Crippen LogP contribution < -0.4 is 10.2 Å². The SMILES string of the molecule is [C-]#[N+]Cc1ccc(C(=O)NC2CCC3(C2)CN(c2ncnc4sc(CC(F)(F)F)cc24)C3)cc1.